The summed E-state index contributed by atoms with van der Waals surface area (Å²) in [6, 6.07) is 4.75. The van der Waals surface area contributed by atoms with Crippen LogP contribution < -0.4 is 4.90 Å². The Bertz CT molecular complexity index is 736. The van der Waals surface area contributed by atoms with E-state index in [1.54, 1.807) is 4.90 Å². The fourth-order valence-corrected chi connectivity index (χ4v) is 3.31. The third-order valence-corrected chi connectivity index (χ3v) is 4.61. The summed E-state index contributed by atoms with van der Waals surface area (Å²) in [7, 11) is 0. The number of carbonyl (C=O) groups excluding carboxylic acids is 3. The molecular formula is C19H24FN3O4. The zero-order valence-electron chi connectivity index (χ0n) is 15.8. The van der Waals surface area contributed by atoms with Gasteiger partial charge < -0.3 is 9.64 Å². The highest BCUT2D eigenvalue weighted by molar-refractivity contribution is 6.22. The monoisotopic (exact) mass is 377 g/mol. The van der Waals surface area contributed by atoms with E-state index < -0.39 is 17.5 Å². The number of rotatable bonds is 2. The zero-order chi connectivity index (χ0) is 19.8. The molecule has 0 unspecified atom stereocenters. The molecule has 1 aromatic rings. The number of amides is 3. The van der Waals surface area contributed by atoms with E-state index in [4.69, 9.17) is 4.74 Å². The molecule has 0 bridgehead atoms. The highest BCUT2D eigenvalue weighted by atomic mass is 19.1. The van der Waals surface area contributed by atoms with Gasteiger partial charge in [0.1, 0.15) is 11.4 Å². The molecule has 0 aliphatic carbocycles. The van der Waals surface area contributed by atoms with E-state index in [1.807, 2.05) is 25.7 Å². The van der Waals surface area contributed by atoms with Crippen LogP contribution in [0.25, 0.3) is 0 Å². The summed E-state index contributed by atoms with van der Waals surface area (Å²) in [6.45, 7) is 7.28. The van der Waals surface area contributed by atoms with Crippen molar-refractivity contribution in [3.63, 3.8) is 0 Å². The van der Waals surface area contributed by atoms with Gasteiger partial charge >= 0.3 is 6.09 Å². The van der Waals surface area contributed by atoms with Crippen molar-refractivity contribution in [3.8, 4) is 0 Å². The van der Waals surface area contributed by atoms with E-state index in [-0.39, 0.29) is 24.3 Å². The lowest BCUT2D eigenvalue weighted by Gasteiger charge is -2.37. The van der Waals surface area contributed by atoms with Crippen LogP contribution in [-0.2, 0) is 14.3 Å². The van der Waals surface area contributed by atoms with Crippen molar-refractivity contribution in [2.45, 2.75) is 38.8 Å². The SMILES string of the molecule is CC(C)(C)OC(=O)N1CCN([C@@H]2CC(=O)N(c3ccc(F)cc3)C2=O)CC1. The van der Waals surface area contributed by atoms with Gasteiger partial charge in [-0.2, -0.15) is 0 Å². The summed E-state index contributed by atoms with van der Waals surface area (Å²) in [5.41, 5.74) is -0.182. The van der Waals surface area contributed by atoms with Crippen molar-refractivity contribution in [2.75, 3.05) is 31.1 Å². The Kier molecular flexibility index (Phi) is 5.19. The Labute approximate surface area is 157 Å². The van der Waals surface area contributed by atoms with E-state index >= 15 is 0 Å². The van der Waals surface area contributed by atoms with E-state index in [0.717, 1.165) is 4.90 Å². The molecule has 1 aromatic carbocycles. The number of ether oxygens (including phenoxy) is 1. The Balaban J connectivity index is 1.62. The molecule has 0 aromatic heterocycles. The minimum Gasteiger partial charge on any atom is -0.444 e. The van der Waals surface area contributed by atoms with Crippen molar-refractivity contribution in [1.29, 1.82) is 0 Å². The number of hydrogen-bond donors (Lipinski definition) is 0. The van der Waals surface area contributed by atoms with Gasteiger partial charge in [0.2, 0.25) is 5.91 Å². The predicted octanol–water partition coefficient (Wildman–Crippen LogP) is 2.01. The molecule has 2 fully saturated rings. The summed E-state index contributed by atoms with van der Waals surface area (Å²) in [5, 5.41) is 0. The van der Waals surface area contributed by atoms with Crippen molar-refractivity contribution in [3.05, 3.63) is 30.1 Å². The van der Waals surface area contributed by atoms with Crippen molar-refractivity contribution in [2.24, 2.45) is 0 Å². The number of hydrogen-bond acceptors (Lipinski definition) is 5. The van der Waals surface area contributed by atoms with Crippen LogP contribution in [0.2, 0.25) is 0 Å². The van der Waals surface area contributed by atoms with Gasteiger partial charge in [-0.1, -0.05) is 0 Å². The zero-order valence-corrected chi connectivity index (χ0v) is 15.8. The lowest BCUT2D eigenvalue weighted by Crippen LogP contribution is -2.54. The van der Waals surface area contributed by atoms with Crippen LogP contribution in [-0.4, -0.2) is 65.5 Å². The Morgan fingerprint density at radius 1 is 1.07 bits per heavy atom. The topological polar surface area (TPSA) is 70.2 Å². The van der Waals surface area contributed by atoms with Gasteiger partial charge in [0.15, 0.2) is 0 Å². The van der Waals surface area contributed by atoms with E-state index in [1.165, 1.54) is 24.3 Å². The van der Waals surface area contributed by atoms with Gasteiger partial charge in [0.25, 0.3) is 5.91 Å². The minimum absolute atomic E-state index is 0.0860. The molecule has 2 saturated heterocycles. The molecule has 3 amide bonds. The molecule has 7 nitrogen and oxygen atoms in total. The molecular weight excluding hydrogens is 353 g/mol. The average Bonchev–Trinajstić information content (AvgIpc) is 2.89. The molecule has 2 heterocycles. The maximum absolute atomic E-state index is 13.1. The second-order valence-electron chi connectivity index (χ2n) is 7.77. The number of anilines is 1. The molecule has 0 saturated carbocycles. The predicted molar refractivity (Wildman–Crippen MR) is 96.7 cm³/mol. The molecule has 0 radical (unpaired) electrons. The lowest BCUT2D eigenvalue weighted by atomic mass is 10.1. The first-order valence-corrected chi connectivity index (χ1v) is 9.00. The summed E-state index contributed by atoms with van der Waals surface area (Å²) in [4.78, 5) is 41.9. The van der Waals surface area contributed by atoms with Gasteiger partial charge in [0.05, 0.1) is 18.2 Å². The lowest BCUT2D eigenvalue weighted by molar-refractivity contribution is -0.123. The number of halogens is 1. The van der Waals surface area contributed by atoms with Crippen LogP contribution in [0.3, 0.4) is 0 Å². The molecule has 0 spiro atoms. The van der Waals surface area contributed by atoms with Crippen LogP contribution in [0.4, 0.5) is 14.9 Å². The van der Waals surface area contributed by atoms with Crippen molar-refractivity contribution in [1.82, 2.24) is 9.80 Å². The van der Waals surface area contributed by atoms with Crippen LogP contribution in [0.15, 0.2) is 24.3 Å². The number of carbonyl (C=O) groups is 3. The second-order valence-corrected chi connectivity index (χ2v) is 7.77. The van der Waals surface area contributed by atoms with Gasteiger partial charge in [-0.05, 0) is 45.0 Å². The fourth-order valence-electron chi connectivity index (χ4n) is 3.31. The van der Waals surface area contributed by atoms with Gasteiger partial charge in [0, 0.05) is 26.2 Å². The normalized spacial score (nSPS) is 21.7. The van der Waals surface area contributed by atoms with Gasteiger partial charge in [-0.25, -0.2) is 14.1 Å². The molecule has 8 heteroatoms. The minimum atomic E-state index is -0.558. The first-order chi connectivity index (χ1) is 12.7. The van der Waals surface area contributed by atoms with Crippen molar-refractivity contribution < 1.29 is 23.5 Å². The molecule has 27 heavy (non-hydrogen) atoms. The van der Waals surface area contributed by atoms with E-state index in [9.17, 15) is 18.8 Å². The summed E-state index contributed by atoms with van der Waals surface area (Å²) >= 11 is 0. The number of nitrogens with zero attached hydrogens (tertiary/aromatic N) is 3. The number of piperazine rings is 1. The van der Waals surface area contributed by atoms with Gasteiger partial charge in [-0.15, -0.1) is 0 Å². The summed E-state index contributed by atoms with van der Waals surface area (Å²) < 4.78 is 18.5. The van der Waals surface area contributed by atoms with E-state index in [0.29, 0.717) is 31.9 Å². The molecule has 2 aliphatic heterocycles. The Morgan fingerprint density at radius 2 is 1.67 bits per heavy atom. The highest BCUT2D eigenvalue weighted by Gasteiger charge is 2.43. The molecule has 3 rings (SSSR count). The fraction of sp³-hybridized carbons (Fsp3) is 0.526. The standard InChI is InChI=1S/C19H24FN3O4/c1-19(2,3)27-18(26)22-10-8-21(9-11-22)15-12-16(24)23(17(15)25)14-6-4-13(20)5-7-14/h4-7,15H,8-12H2,1-3H3/t15-/m1/s1. The first kappa shape index (κ1) is 19.3. The van der Waals surface area contributed by atoms with Crippen LogP contribution in [0.5, 0.6) is 0 Å². The second kappa shape index (κ2) is 7.26. The van der Waals surface area contributed by atoms with Gasteiger partial charge in [-0.3, -0.25) is 14.5 Å². The Hall–Kier alpha value is -2.48. The summed E-state index contributed by atoms with van der Waals surface area (Å²) in [6.07, 6.45) is -0.285. The third-order valence-electron chi connectivity index (χ3n) is 4.61. The molecule has 2 aliphatic rings. The average molecular weight is 377 g/mol. The van der Waals surface area contributed by atoms with Crippen LogP contribution >= 0.6 is 0 Å². The maximum Gasteiger partial charge on any atom is 0.410 e. The number of benzene rings is 1. The quantitative estimate of drug-likeness (QED) is 0.738. The molecule has 146 valence electrons. The van der Waals surface area contributed by atoms with Crippen LogP contribution in [0, 0.1) is 5.82 Å². The van der Waals surface area contributed by atoms with E-state index in [2.05, 4.69) is 0 Å². The highest BCUT2D eigenvalue weighted by Crippen LogP contribution is 2.26. The Morgan fingerprint density at radius 3 is 2.22 bits per heavy atom. The molecule has 1 atom stereocenters. The van der Waals surface area contributed by atoms with Crippen LogP contribution in [0.1, 0.15) is 27.2 Å². The first-order valence-electron chi connectivity index (χ1n) is 9.00. The number of imide groups is 1. The van der Waals surface area contributed by atoms with Crippen molar-refractivity contribution >= 4 is 23.6 Å². The third kappa shape index (κ3) is 4.27. The largest absolute Gasteiger partial charge is 0.444 e. The molecule has 0 N–H and O–H groups in total. The summed E-state index contributed by atoms with van der Waals surface area (Å²) in [5.74, 6) is -1.03. The maximum atomic E-state index is 13.1. The smallest absolute Gasteiger partial charge is 0.410 e.